The van der Waals surface area contributed by atoms with Gasteiger partial charge in [-0.1, -0.05) is 12.1 Å². The Balaban J connectivity index is 2.16. The van der Waals surface area contributed by atoms with E-state index in [0.717, 1.165) is 0 Å². The first kappa shape index (κ1) is 15.5. The van der Waals surface area contributed by atoms with Crippen molar-refractivity contribution < 1.29 is 13.2 Å². The molecule has 0 radical (unpaired) electrons. The van der Waals surface area contributed by atoms with E-state index in [1.165, 1.54) is 16.4 Å². The molecule has 1 aliphatic rings. The quantitative estimate of drug-likeness (QED) is 0.889. The van der Waals surface area contributed by atoms with Gasteiger partial charge < -0.3 is 5.73 Å². The number of piperidine rings is 1. The van der Waals surface area contributed by atoms with Crippen molar-refractivity contribution in [2.24, 2.45) is 11.7 Å². The molecule has 1 aromatic carbocycles. The van der Waals surface area contributed by atoms with Crippen molar-refractivity contribution in [3.05, 3.63) is 29.8 Å². The number of amides is 1. The van der Waals surface area contributed by atoms with Crippen LogP contribution in [0.3, 0.4) is 0 Å². The van der Waals surface area contributed by atoms with Gasteiger partial charge in [-0.25, -0.2) is 8.42 Å². The second-order valence-corrected chi connectivity index (χ2v) is 7.03. The molecule has 0 aromatic heterocycles. The summed E-state index contributed by atoms with van der Waals surface area (Å²) in [4.78, 5) is 10.9. The summed E-state index contributed by atoms with van der Waals surface area (Å²) in [7, 11) is -3.66. The van der Waals surface area contributed by atoms with Gasteiger partial charge in [-0.3, -0.25) is 4.79 Å². The summed E-state index contributed by atoms with van der Waals surface area (Å²) in [5.41, 5.74) is 5.32. The Morgan fingerprint density at radius 2 is 1.95 bits per heavy atom. The number of sulfonamides is 1. The Morgan fingerprint density at radius 1 is 1.33 bits per heavy atom. The van der Waals surface area contributed by atoms with E-state index in [1.807, 2.05) is 6.07 Å². The highest BCUT2D eigenvalue weighted by Gasteiger charge is 2.31. The van der Waals surface area contributed by atoms with Crippen molar-refractivity contribution in [3.8, 4) is 6.07 Å². The lowest BCUT2D eigenvalue weighted by Gasteiger charge is -2.30. The molecule has 2 N–H and O–H groups in total. The van der Waals surface area contributed by atoms with Gasteiger partial charge in [0.15, 0.2) is 0 Å². The first-order valence-corrected chi connectivity index (χ1v) is 8.16. The fraction of sp³-hybridized carbons (Fsp3) is 0.429. The van der Waals surface area contributed by atoms with Crippen molar-refractivity contribution in [2.45, 2.75) is 24.2 Å². The highest BCUT2D eigenvalue weighted by atomic mass is 32.2. The molecule has 6 nitrogen and oxygen atoms in total. The summed E-state index contributed by atoms with van der Waals surface area (Å²) in [6.45, 7) is 0.695. The predicted molar refractivity (Wildman–Crippen MR) is 76.5 cm³/mol. The average Bonchev–Trinajstić information content (AvgIpc) is 2.47. The standard InChI is InChI=1S/C14H17N3O3S/c15-10-12-3-1-2-4-13(12)21(19,20)17-7-5-11(6-8-17)9-14(16)18/h1-4,11H,5-9H2,(H2,16,18). The molecule has 1 heterocycles. The number of hydrogen-bond acceptors (Lipinski definition) is 4. The van der Waals surface area contributed by atoms with Crippen LogP contribution in [0.15, 0.2) is 29.2 Å². The van der Waals surface area contributed by atoms with Crippen molar-refractivity contribution >= 4 is 15.9 Å². The molecular formula is C14H17N3O3S. The number of nitrogens with two attached hydrogens (primary N) is 1. The maximum Gasteiger partial charge on any atom is 0.244 e. The second-order valence-electron chi connectivity index (χ2n) is 5.13. The minimum atomic E-state index is -3.66. The molecule has 0 bridgehead atoms. The molecule has 2 rings (SSSR count). The first-order valence-electron chi connectivity index (χ1n) is 6.72. The van der Waals surface area contributed by atoms with Crippen LogP contribution in [0.25, 0.3) is 0 Å². The molecule has 1 amide bonds. The SMILES string of the molecule is N#Cc1ccccc1S(=O)(=O)N1CCC(CC(N)=O)CC1. The van der Waals surface area contributed by atoms with Crippen LogP contribution in [-0.4, -0.2) is 31.7 Å². The van der Waals surface area contributed by atoms with Crippen LogP contribution in [0, 0.1) is 17.2 Å². The van der Waals surface area contributed by atoms with E-state index >= 15 is 0 Å². The number of rotatable bonds is 4. The third kappa shape index (κ3) is 3.40. The Bertz CT molecular complexity index is 671. The summed E-state index contributed by atoms with van der Waals surface area (Å²) in [5.74, 6) is -0.216. The summed E-state index contributed by atoms with van der Waals surface area (Å²) in [6, 6.07) is 8.09. The average molecular weight is 307 g/mol. The fourth-order valence-electron chi connectivity index (χ4n) is 2.56. The van der Waals surface area contributed by atoms with Crippen molar-refractivity contribution in [1.82, 2.24) is 4.31 Å². The van der Waals surface area contributed by atoms with Gasteiger partial charge in [-0.2, -0.15) is 9.57 Å². The van der Waals surface area contributed by atoms with Crippen LogP contribution >= 0.6 is 0 Å². The number of primary amides is 1. The molecule has 1 aromatic rings. The Hall–Kier alpha value is -1.91. The number of carbonyl (C=O) groups is 1. The van der Waals surface area contributed by atoms with E-state index < -0.39 is 10.0 Å². The summed E-state index contributed by atoms with van der Waals surface area (Å²) in [6.07, 6.45) is 1.51. The fourth-order valence-corrected chi connectivity index (χ4v) is 4.17. The third-order valence-corrected chi connectivity index (χ3v) is 5.65. The predicted octanol–water partition coefficient (Wildman–Crippen LogP) is 0.834. The van der Waals surface area contributed by atoms with Crippen LogP contribution in [0.5, 0.6) is 0 Å². The first-order chi connectivity index (χ1) is 9.95. The molecular weight excluding hydrogens is 290 g/mol. The molecule has 0 aliphatic carbocycles. The summed E-state index contributed by atoms with van der Waals surface area (Å²) >= 11 is 0. The lowest BCUT2D eigenvalue weighted by molar-refractivity contribution is -0.119. The molecule has 1 saturated heterocycles. The van der Waals surface area contributed by atoms with E-state index in [9.17, 15) is 13.2 Å². The van der Waals surface area contributed by atoms with Crippen LogP contribution in [0.2, 0.25) is 0 Å². The smallest absolute Gasteiger partial charge is 0.244 e. The lowest BCUT2D eigenvalue weighted by Crippen LogP contribution is -2.39. The minimum absolute atomic E-state index is 0.0425. The molecule has 1 aliphatic heterocycles. The van der Waals surface area contributed by atoms with Gasteiger partial charge >= 0.3 is 0 Å². The van der Waals surface area contributed by atoms with E-state index in [-0.39, 0.29) is 22.3 Å². The van der Waals surface area contributed by atoms with E-state index in [0.29, 0.717) is 32.4 Å². The highest BCUT2D eigenvalue weighted by molar-refractivity contribution is 7.89. The maximum absolute atomic E-state index is 12.6. The van der Waals surface area contributed by atoms with Crippen LogP contribution in [0.4, 0.5) is 0 Å². The van der Waals surface area contributed by atoms with Gasteiger partial charge in [0.1, 0.15) is 6.07 Å². The number of nitriles is 1. The molecule has 0 unspecified atom stereocenters. The Labute approximate surface area is 124 Å². The summed E-state index contributed by atoms with van der Waals surface area (Å²) in [5, 5.41) is 9.04. The van der Waals surface area contributed by atoms with Gasteiger partial charge in [0, 0.05) is 19.5 Å². The topological polar surface area (TPSA) is 104 Å². The Morgan fingerprint density at radius 3 is 2.52 bits per heavy atom. The van der Waals surface area contributed by atoms with Gasteiger partial charge in [-0.15, -0.1) is 0 Å². The zero-order chi connectivity index (χ0) is 15.5. The van der Waals surface area contributed by atoms with E-state index in [2.05, 4.69) is 0 Å². The van der Waals surface area contributed by atoms with Gasteiger partial charge in [-0.05, 0) is 30.9 Å². The molecule has 0 spiro atoms. The van der Waals surface area contributed by atoms with Crippen LogP contribution in [-0.2, 0) is 14.8 Å². The molecule has 0 atom stereocenters. The highest BCUT2D eigenvalue weighted by Crippen LogP contribution is 2.26. The second kappa shape index (κ2) is 6.24. The zero-order valence-electron chi connectivity index (χ0n) is 11.5. The van der Waals surface area contributed by atoms with Crippen LogP contribution < -0.4 is 5.73 Å². The van der Waals surface area contributed by atoms with Crippen molar-refractivity contribution in [3.63, 3.8) is 0 Å². The number of nitrogens with zero attached hydrogens (tertiary/aromatic N) is 2. The number of benzene rings is 1. The van der Waals surface area contributed by atoms with E-state index in [1.54, 1.807) is 12.1 Å². The van der Waals surface area contributed by atoms with Gasteiger partial charge in [0.05, 0.1) is 10.5 Å². The lowest BCUT2D eigenvalue weighted by atomic mass is 9.94. The molecule has 112 valence electrons. The Kier molecular flexibility index (Phi) is 4.60. The maximum atomic E-state index is 12.6. The third-order valence-electron chi connectivity index (χ3n) is 3.69. The summed E-state index contributed by atoms with van der Waals surface area (Å²) < 4.78 is 26.5. The zero-order valence-corrected chi connectivity index (χ0v) is 12.3. The largest absolute Gasteiger partial charge is 0.370 e. The van der Waals surface area contributed by atoms with Crippen molar-refractivity contribution in [1.29, 1.82) is 5.26 Å². The normalized spacial score (nSPS) is 17.3. The molecule has 0 saturated carbocycles. The molecule has 21 heavy (non-hydrogen) atoms. The van der Waals surface area contributed by atoms with Crippen molar-refractivity contribution in [2.75, 3.05) is 13.1 Å². The van der Waals surface area contributed by atoms with E-state index in [4.69, 9.17) is 11.0 Å². The minimum Gasteiger partial charge on any atom is -0.370 e. The number of hydrogen-bond donors (Lipinski definition) is 1. The van der Waals surface area contributed by atoms with Gasteiger partial charge in [0.2, 0.25) is 15.9 Å². The monoisotopic (exact) mass is 307 g/mol. The van der Waals surface area contributed by atoms with Crippen LogP contribution in [0.1, 0.15) is 24.8 Å². The molecule has 1 fully saturated rings. The molecule has 7 heteroatoms. The van der Waals surface area contributed by atoms with Gasteiger partial charge in [0.25, 0.3) is 0 Å². The number of carbonyl (C=O) groups excluding carboxylic acids is 1.